The molecule has 0 N–H and O–H groups in total. The Kier molecular flexibility index (Phi) is 3.87. The third kappa shape index (κ3) is 2.57. The van der Waals surface area contributed by atoms with Crippen molar-refractivity contribution in [2.45, 2.75) is 27.2 Å². The van der Waals surface area contributed by atoms with E-state index in [1.165, 1.54) is 22.6 Å². The van der Waals surface area contributed by atoms with E-state index in [1.54, 1.807) is 17.3 Å². The topological polar surface area (TPSA) is 48.0 Å². The minimum absolute atomic E-state index is 1.01. The second kappa shape index (κ2) is 5.97. The van der Waals surface area contributed by atoms with Crippen LogP contribution in [0.2, 0.25) is 0 Å². The van der Waals surface area contributed by atoms with E-state index in [1.807, 2.05) is 6.21 Å². The van der Waals surface area contributed by atoms with Gasteiger partial charge in [0.15, 0.2) is 0 Å². The largest absolute Gasteiger partial charge is 0.318 e. The Labute approximate surface area is 129 Å². The Balaban J connectivity index is 2.04. The molecule has 0 fully saturated rings. The lowest BCUT2D eigenvalue weighted by Gasteiger charge is -2.13. The highest BCUT2D eigenvalue weighted by atomic mass is 15.4. The highest BCUT2D eigenvalue weighted by Gasteiger charge is 2.11. The van der Waals surface area contributed by atoms with Gasteiger partial charge < -0.3 is 4.57 Å². The van der Waals surface area contributed by atoms with Crippen LogP contribution in [0.4, 0.5) is 0 Å². The summed E-state index contributed by atoms with van der Waals surface area (Å²) in [5.74, 6) is 0. The van der Waals surface area contributed by atoms with Gasteiger partial charge in [-0.05, 0) is 38.0 Å². The number of aromatic nitrogens is 4. The SMILES string of the molecule is CCc1ccccc1-n1c(C)cc(/C=N/n2cnnc2)c1C. The molecule has 0 atom stereocenters. The lowest BCUT2D eigenvalue weighted by atomic mass is 10.1. The van der Waals surface area contributed by atoms with Gasteiger partial charge in [-0.1, -0.05) is 25.1 Å². The molecular weight excluding hydrogens is 274 g/mol. The number of rotatable bonds is 4. The minimum Gasteiger partial charge on any atom is -0.318 e. The van der Waals surface area contributed by atoms with Gasteiger partial charge in [0.2, 0.25) is 0 Å². The van der Waals surface area contributed by atoms with Crippen molar-refractivity contribution in [3.63, 3.8) is 0 Å². The van der Waals surface area contributed by atoms with Gasteiger partial charge in [-0.3, -0.25) is 0 Å². The third-order valence-electron chi connectivity index (χ3n) is 3.82. The summed E-state index contributed by atoms with van der Waals surface area (Å²) in [6.07, 6.45) is 6.00. The summed E-state index contributed by atoms with van der Waals surface area (Å²) in [5.41, 5.74) is 6.05. The molecule has 2 heterocycles. The predicted molar refractivity (Wildman–Crippen MR) is 87.6 cm³/mol. The van der Waals surface area contributed by atoms with Crippen molar-refractivity contribution < 1.29 is 0 Å². The summed E-state index contributed by atoms with van der Waals surface area (Å²) in [4.78, 5) is 0. The Bertz CT molecular complexity index is 797. The molecule has 0 spiro atoms. The van der Waals surface area contributed by atoms with Gasteiger partial charge in [-0.25, -0.2) is 4.68 Å². The third-order valence-corrected chi connectivity index (χ3v) is 3.82. The van der Waals surface area contributed by atoms with Crippen LogP contribution in [-0.2, 0) is 6.42 Å². The van der Waals surface area contributed by atoms with Crippen molar-refractivity contribution in [1.82, 2.24) is 19.4 Å². The average Bonchev–Trinajstić information content (AvgIpc) is 3.14. The first-order valence-electron chi connectivity index (χ1n) is 7.37. The van der Waals surface area contributed by atoms with Crippen LogP contribution in [0.3, 0.4) is 0 Å². The summed E-state index contributed by atoms with van der Waals surface area (Å²) in [6, 6.07) is 10.7. The Morgan fingerprint density at radius 1 is 1.14 bits per heavy atom. The Morgan fingerprint density at radius 2 is 1.86 bits per heavy atom. The molecule has 0 radical (unpaired) electrons. The normalized spacial score (nSPS) is 11.4. The number of aryl methyl sites for hydroxylation is 2. The molecule has 0 saturated heterocycles. The molecule has 0 saturated carbocycles. The standard InChI is InChI=1S/C17H19N5/c1-4-15-7-5-6-8-17(15)22-13(2)9-16(14(22)3)10-20-21-11-18-19-12-21/h5-12H,4H2,1-3H3/b20-10+. The molecule has 0 amide bonds. The van der Waals surface area contributed by atoms with Crippen LogP contribution in [0.1, 0.15) is 29.4 Å². The lowest BCUT2D eigenvalue weighted by Crippen LogP contribution is -2.03. The maximum atomic E-state index is 4.34. The monoisotopic (exact) mass is 293 g/mol. The molecule has 0 unspecified atom stereocenters. The first kappa shape index (κ1) is 14.3. The number of para-hydroxylation sites is 1. The molecule has 2 aromatic heterocycles. The maximum absolute atomic E-state index is 4.34. The van der Waals surface area contributed by atoms with E-state index in [0.29, 0.717) is 0 Å². The predicted octanol–water partition coefficient (Wildman–Crippen LogP) is 3.13. The average molecular weight is 293 g/mol. The van der Waals surface area contributed by atoms with Crippen LogP contribution in [-0.4, -0.2) is 25.7 Å². The maximum Gasteiger partial charge on any atom is 0.141 e. The van der Waals surface area contributed by atoms with E-state index in [-0.39, 0.29) is 0 Å². The fourth-order valence-corrected chi connectivity index (χ4v) is 2.70. The molecule has 0 aliphatic carbocycles. The van der Waals surface area contributed by atoms with Gasteiger partial charge >= 0.3 is 0 Å². The van der Waals surface area contributed by atoms with Crippen molar-refractivity contribution in [1.29, 1.82) is 0 Å². The van der Waals surface area contributed by atoms with Gasteiger partial charge in [0.05, 0.1) is 6.21 Å². The number of hydrogen-bond acceptors (Lipinski definition) is 3. The van der Waals surface area contributed by atoms with E-state index < -0.39 is 0 Å². The first-order chi connectivity index (χ1) is 10.7. The zero-order valence-corrected chi connectivity index (χ0v) is 13.1. The molecule has 5 heteroatoms. The molecule has 1 aromatic carbocycles. The second-order valence-corrected chi connectivity index (χ2v) is 5.23. The zero-order valence-electron chi connectivity index (χ0n) is 13.1. The van der Waals surface area contributed by atoms with Crippen LogP contribution in [0, 0.1) is 13.8 Å². The van der Waals surface area contributed by atoms with Crippen molar-refractivity contribution in [3.05, 3.63) is 65.5 Å². The van der Waals surface area contributed by atoms with Gasteiger partial charge in [-0.15, -0.1) is 10.2 Å². The molecule has 0 aliphatic heterocycles. The smallest absolute Gasteiger partial charge is 0.141 e. The second-order valence-electron chi connectivity index (χ2n) is 5.23. The quantitative estimate of drug-likeness (QED) is 0.694. The van der Waals surface area contributed by atoms with Crippen LogP contribution >= 0.6 is 0 Å². The molecule has 3 aromatic rings. The lowest BCUT2D eigenvalue weighted by molar-refractivity contribution is 0.877. The van der Waals surface area contributed by atoms with Crippen molar-refractivity contribution in [3.8, 4) is 5.69 Å². The highest BCUT2D eigenvalue weighted by Crippen LogP contribution is 2.23. The van der Waals surface area contributed by atoms with Crippen molar-refractivity contribution >= 4 is 6.21 Å². The molecule has 112 valence electrons. The van der Waals surface area contributed by atoms with E-state index in [0.717, 1.165) is 12.0 Å². The summed E-state index contributed by atoms with van der Waals surface area (Å²) in [5, 5.41) is 11.8. The molecule has 0 bridgehead atoms. The number of hydrogen-bond donors (Lipinski definition) is 0. The van der Waals surface area contributed by atoms with E-state index in [9.17, 15) is 0 Å². The number of nitrogens with zero attached hydrogens (tertiary/aromatic N) is 5. The molecule has 5 nitrogen and oxygen atoms in total. The summed E-state index contributed by atoms with van der Waals surface area (Å²) in [7, 11) is 0. The van der Waals surface area contributed by atoms with Gasteiger partial charge in [0.1, 0.15) is 12.7 Å². The van der Waals surface area contributed by atoms with Crippen LogP contribution in [0.5, 0.6) is 0 Å². The van der Waals surface area contributed by atoms with E-state index >= 15 is 0 Å². The molecule has 0 aliphatic rings. The Hall–Kier alpha value is -2.69. The fourth-order valence-electron chi connectivity index (χ4n) is 2.70. The van der Waals surface area contributed by atoms with Gasteiger partial charge in [0.25, 0.3) is 0 Å². The summed E-state index contributed by atoms with van der Waals surface area (Å²) in [6.45, 7) is 6.42. The highest BCUT2D eigenvalue weighted by molar-refractivity contribution is 5.82. The van der Waals surface area contributed by atoms with Crippen molar-refractivity contribution in [2.75, 3.05) is 0 Å². The molecule has 22 heavy (non-hydrogen) atoms. The van der Waals surface area contributed by atoms with Gasteiger partial charge in [0, 0.05) is 22.6 Å². The molecule has 3 rings (SSSR count). The molecular formula is C17H19N5. The van der Waals surface area contributed by atoms with E-state index in [2.05, 4.69) is 71.0 Å². The zero-order chi connectivity index (χ0) is 15.5. The summed E-state index contributed by atoms with van der Waals surface area (Å²) < 4.78 is 3.87. The van der Waals surface area contributed by atoms with Crippen LogP contribution in [0.25, 0.3) is 5.69 Å². The first-order valence-corrected chi connectivity index (χ1v) is 7.37. The van der Waals surface area contributed by atoms with E-state index in [4.69, 9.17) is 0 Å². The Morgan fingerprint density at radius 3 is 2.59 bits per heavy atom. The van der Waals surface area contributed by atoms with Crippen LogP contribution < -0.4 is 0 Å². The minimum atomic E-state index is 1.01. The van der Waals surface area contributed by atoms with Gasteiger partial charge in [-0.2, -0.15) is 5.10 Å². The number of benzene rings is 1. The summed E-state index contributed by atoms with van der Waals surface area (Å²) >= 11 is 0. The van der Waals surface area contributed by atoms with Crippen molar-refractivity contribution in [2.24, 2.45) is 5.10 Å². The van der Waals surface area contributed by atoms with Crippen LogP contribution in [0.15, 0.2) is 48.1 Å². The fraction of sp³-hybridized carbons (Fsp3) is 0.235.